The van der Waals surface area contributed by atoms with Crippen molar-refractivity contribution in [1.29, 1.82) is 0 Å². The molecule has 152 valence electrons. The third-order valence-electron chi connectivity index (χ3n) is 4.99. The Labute approximate surface area is 157 Å². The molecule has 0 aliphatic carbocycles. The van der Waals surface area contributed by atoms with Gasteiger partial charge in [-0.15, -0.1) is 0 Å². The normalized spacial score (nSPS) is 12.0. The van der Waals surface area contributed by atoms with E-state index in [4.69, 9.17) is 0 Å². The van der Waals surface area contributed by atoms with Gasteiger partial charge in [0, 0.05) is 13.2 Å². The highest BCUT2D eigenvalue weighted by molar-refractivity contribution is 5.15. The minimum absolute atomic E-state index is 0. The van der Waals surface area contributed by atoms with E-state index in [0.717, 1.165) is 25.7 Å². The van der Waals surface area contributed by atoms with Crippen molar-refractivity contribution in [2.45, 2.75) is 117 Å². The SMILES string of the molecule is CCCCCCCCC(CCO)=C(CCO)CCCCCCCC.N. The molecule has 0 atom stereocenters. The van der Waals surface area contributed by atoms with Gasteiger partial charge in [-0.3, -0.25) is 0 Å². The van der Waals surface area contributed by atoms with Gasteiger partial charge < -0.3 is 16.4 Å². The second-order valence-corrected chi connectivity index (χ2v) is 7.19. The van der Waals surface area contributed by atoms with Crippen LogP contribution in [0.25, 0.3) is 0 Å². The third kappa shape index (κ3) is 16.8. The molecular weight excluding hydrogens is 310 g/mol. The van der Waals surface area contributed by atoms with Crippen LogP contribution in [-0.4, -0.2) is 23.4 Å². The minimum atomic E-state index is 0. The molecule has 0 aliphatic rings. The van der Waals surface area contributed by atoms with Gasteiger partial charge in [-0.05, 0) is 38.5 Å². The van der Waals surface area contributed by atoms with Crippen molar-refractivity contribution in [3.63, 3.8) is 0 Å². The molecule has 0 saturated carbocycles. The van der Waals surface area contributed by atoms with Crippen molar-refractivity contribution in [3.05, 3.63) is 11.1 Å². The van der Waals surface area contributed by atoms with Crippen LogP contribution in [-0.2, 0) is 0 Å². The van der Waals surface area contributed by atoms with Gasteiger partial charge >= 0.3 is 0 Å². The van der Waals surface area contributed by atoms with E-state index >= 15 is 0 Å². The maximum Gasteiger partial charge on any atom is 0.0468 e. The van der Waals surface area contributed by atoms with Crippen molar-refractivity contribution in [2.24, 2.45) is 0 Å². The molecule has 0 radical (unpaired) electrons. The van der Waals surface area contributed by atoms with Gasteiger partial charge in [-0.25, -0.2) is 0 Å². The standard InChI is InChI=1S/C22H44O2.H3N/c1-3-5-7-9-11-13-15-21(17-19-23)22(18-20-24)16-14-12-10-8-6-4-2;/h23-24H,3-20H2,1-2H3;1H3. The number of hydrogen-bond donors (Lipinski definition) is 3. The van der Waals surface area contributed by atoms with E-state index in [0.29, 0.717) is 0 Å². The van der Waals surface area contributed by atoms with Crippen molar-refractivity contribution >= 4 is 0 Å². The Hall–Kier alpha value is -0.380. The largest absolute Gasteiger partial charge is 0.396 e. The molecule has 0 aliphatic heterocycles. The van der Waals surface area contributed by atoms with Gasteiger partial charge in [-0.2, -0.15) is 0 Å². The van der Waals surface area contributed by atoms with Crippen molar-refractivity contribution in [3.8, 4) is 0 Å². The fraction of sp³-hybridized carbons (Fsp3) is 0.909. The molecule has 0 spiro atoms. The van der Waals surface area contributed by atoms with Crippen LogP contribution in [0.4, 0.5) is 0 Å². The molecule has 5 N–H and O–H groups in total. The van der Waals surface area contributed by atoms with Crippen LogP contribution in [0.3, 0.4) is 0 Å². The molecule has 0 aromatic rings. The van der Waals surface area contributed by atoms with Gasteiger partial charge in [0.05, 0.1) is 0 Å². The van der Waals surface area contributed by atoms with Crippen LogP contribution >= 0.6 is 0 Å². The molecule has 3 nitrogen and oxygen atoms in total. The molecule has 0 amide bonds. The second-order valence-electron chi connectivity index (χ2n) is 7.19. The number of hydrogen-bond acceptors (Lipinski definition) is 3. The van der Waals surface area contributed by atoms with Crippen LogP contribution in [0.5, 0.6) is 0 Å². The minimum Gasteiger partial charge on any atom is -0.396 e. The molecule has 0 unspecified atom stereocenters. The van der Waals surface area contributed by atoms with Crippen LogP contribution in [0, 0.1) is 0 Å². The van der Waals surface area contributed by atoms with E-state index in [9.17, 15) is 10.2 Å². The van der Waals surface area contributed by atoms with E-state index in [-0.39, 0.29) is 19.4 Å². The highest BCUT2D eigenvalue weighted by Gasteiger charge is 2.07. The summed E-state index contributed by atoms with van der Waals surface area (Å²) in [5.74, 6) is 0. The summed E-state index contributed by atoms with van der Waals surface area (Å²) in [6.07, 6.45) is 19.7. The number of aliphatic hydroxyl groups is 2. The lowest BCUT2D eigenvalue weighted by atomic mass is 9.92. The number of rotatable bonds is 18. The highest BCUT2D eigenvalue weighted by atomic mass is 16.3. The van der Waals surface area contributed by atoms with Crippen LogP contribution in [0.15, 0.2) is 11.1 Å². The molecule has 0 aromatic carbocycles. The summed E-state index contributed by atoms with van der Waals surface area (Å²) >= 11 is 0. The lowest BCUT2D eigenvalue weighted by Crippen LogP contribution is -2.00. The highest BCUT2D eigenvalue weighted by Crippen LogP contribution is 2.24. The zero-order valence-corrected chi connectivity index (χ0v) is 17.3. The third-order valence-corrected chi connectivity index (χ3v) is 4.99. The Morgan fingerprint density at radius 2 is 0.800 bits per heavy atom. The second kappa shape index (κ2) is 21.7. The van der Waals surface area contributed by atoms with Crippen molar-refractivity contribution in [1.82, 2.24) is 6.15 Å². The molecule has 0 heterocycles. The Morgan fingerprint density at radius 3 is 1.12 bits per heavy atom. The smallest absolute Gasteiger partial charge is 0.0468 e. The van der Waals surface area contributed by atoms with Gasteiger partial charge in [-0.1, -0.05) is 89.2 Å². The molecule has 0 aromatic heterocycles. The Kier molecular flexibility index (Phi) is 23.3. The zero-order valence-electron chi connectivity index (χ0n) is 17.3. The molecule has 0 fully saturated rings. The van der Waals surface area contributed by atoms with Crippen molar-refractivity contribution in [2.75, 3.05) is 13.2 Å². The molecular formula is C22H47NO2. The predicted octanol–water partition coefficient (Wildman–Crippen LogP) is 6.71. The summed E-state index contributed by atoms with van der Waals surface area (Å²) < 4.78 is 0. The first-order chi connectivity index (χ1) is 11.8. The van der Waals surface area contributed by atoms with Crippen LogP contribution < -0.4 is 6.15 Å². The molecule has 3 heteroatoms. The Balaban J connectivity index is 0. The van der Waals surface area contributed by atoms with E-state index in [1.54, 1.807) is 0 Å². The maximum atomic E-state index is 9.40. The summed E-state index contributed by atoms with van der Waals surface area (Å²) in [6.45, 7) is 5.00. The average molecular weight is 358 g/mol. The summed E-state index contributed by atoms with van der Waals surface area (Å²) in [6, 6.07) is 0. The predicted molar refractivity (Wildman–Crippen MR) is 111 cm³/mol. The van der Waals surface area contributed by atoms with Gasteiger partial charge in [0.2, 0.25) is 0 Å². The summed E-state index contributed by atoms with van der Waals surface area (Å²) in [7, 11) is 0. The number of aliphatic hydroxyl groups excluding tert-OH is 2. The fourth-order valence-corrected chi connectivity index (χ4v) is 3.46. The van der Waals surface area contributed by atoms with Gasteiger partial charge in [0.1, 0.15) is 0 Å². The summed E-state index contributed by atoms with van der Waals surface area (Å²) in [5, 5.41) is 18.8. The van der Waals surface area contributed by atoms with Crippen LogP contribution in [0.2, 0.25) is 0 Å². The Morgan fingerprint density at radius 1 is 0.480 bits per heavy atom. The van der Waals surface area contributed by atoms with E-state index in [1.165, 1.54) is 88.2 Å². The summed E-state index contributed by atoms with van der Waals surface area (Å²) in [4.78, 5) is 0. The molecule has 25 heavy (non-hydrogen) atoms. The van der Waals surface area contributed by atoms with Crippen molar-refractivity contribution < 1.29 is 10.2 Å². The topological polar surface area (TPSA) is 75.5 Å². The first-order valence-electron chi connectivity index (χ1n) is 10.7. The van der Waals surface area contributed by atoms with Crippen LogP contribution in [0.1, 0.15) is 117 Å². The van der Waals surface area contributed by atoms with Gasteiger partial charge in [0.25, 0.3) is 0 Å². The Bertz CT molecular complexity index is 262. The van der Waals surface area contributed by atoms with E-state index in [1.807, 2.05) is 0 Å². The fourth-order valence-electron chi connectivity index (χ4n) is 3.46. The lowest BCUT2D eigenvalue weighted by molar-refractivity contribution is 0.289. The summed E-state index contributed by atoms with van der Waals surface area (Å²) in [5.41, 5.74) is 2.88. The molecule has 0 saturated heterocycles. The first-order valence-corrected chi connectivity index (χ1v) is 10.7. The van der Waals surface area contributed by atoms with E-state index < -0.39 is 0 Å². The van der Waals surface area contributed by atoms with E-state index in [2.05, 4.69) is 13.8 Å². The quantitative estimate of drug-likeness (QED) is 0.188. The monoisotopic (exact) mass is 357 g/mol. The zero-order chi connectivity index (χ0) is 17.9. The molecule has 0 rings (SSSR count). The number of unbranched alkanes of at least 4 members (excludes halogenated alkanes) is 10. The van der Waals surface area contributed by atoms with Gasteiger partial charge in [0.15, 0.2) is 0 Å². The first kappa shape index (κ1) is 26.8. The lowest BCUT2D eigenvalue weighted by Gasteiger charge is -2.15. The maximum absolute atomic E-state index is 9.40. The average Bonchev–Trinajstić information content (AvgIpc) is 2.59. The molecule has 0 bridgehead atoms.